The van der Waals surface area contributed by atoms with Gasteiger partial charge in [0, 0.05) is 6.42 Å². The standard InChI is InChI=1S/C8H16O2.C4H6O7S.2Na.2H/c1-2-3-4-5-6-7-8(9)10;5-3(6)1-2(4(7)8)12(9,10)11;;;;/h2-7H2,1H3,(H,9,10);2H,1H2,(H,5,6)(H,7,8)(H,9,10,11);;;;. The maximum atomic E-state index is 10.2. The molecular weight excluding hydrogens is 366 g/mol. The second kappa shape index (κ2) is 18.1. The molecule has 0 aromatic rings. The average molecular weight is 390 g/mol. The number of carboxylic acids is 3. The molecule has 1 unspecified atom stereocenters. The minimum absolute atomic E-state index is 0. The summed E-state index contributed by atoms with van der Waals surface area (Å²) in [5.74, 6) is -4.17. The van der Waals surface area contributed by atoms with Crippen LogP contribution in [0.25, 0.3) is 0 Å². The molecule has 4 N–H and O–H groups in total. The van der Waals surface area contributed by atoms with Crippen LogP contribution in [0.1, 0.15) is 51.9 Å². The van der Waals surface area contributed by atoms with Gasteiger partial charge in [-0.2, -0.15) is 8.42 Å². The Kier molecular flexibility index (Phi) is 24.2. The van der Waals surface area contributed by atoms with Gasteiger partial charge in [0.1, 0.15) is 0 Å². The van der Waals surface area contributed by atoms with Crippen LogP contribution in [0.2, 0.25) is 0 Å². The molecule has 134 valence electrons. The van der Waals surface area contributed by atoms with E-state index in [4.69, 9.17) is 19.9 Å². The van der Waals surface area contributed by atoms with Gasteiger partial charge in [-0.25, -0.2) is 0 Å². The Morgan fingerprint density at radius 3 is 1.58 bits per heavy atom. The number of unbranched alkanes of at least 4 members (excludes halogenated alkanes) is 4. The van der Waals surface area contributed by atoms with E-state index < -0.39 is 39.7 Å². The van der Waals surface area contributed by atoms with Crippen molar-refractivity contribution in [2.24, 2.45) is 0 Å². The van der Waals surface area contributed by atoms with Gasteiger partial charge in [-0.1, -0.05) is 32.6 Å². The van der Waals surface area contributed by atoms with Gasteiger partial charge >= 0.3 is 77.0 Å². The van der Waals surface area contributed by atoms with Crippen molar-refractivity contribution in [3.05, 3.63) is 0 Å². The molecule has 24 heavy (non-hydrogen) atoms. The Hall–Kier alpha value is 0.320. The molecule has 0 amide bonds. The fourth-order valence-corrected chi connectivity index (χ4v) is 1.97. The molecule has 0 bridgehead atoms. The van der Waals surface area contributed by atoms with Crippen molar-refractivity contribution in [1.29, 1.82) is 0 Å². The molecule has 0 aliphatic rings. The van der Waals surface area contributed by atoms with Crippen molar-refractivity contribution in [2.45, 2.75) is 57.1 Å². The first kappa shape index (κ1) is 32.0. The average Bonchev–Trinajstić information content (AvgIpc) is 2.34. The van der Waals surface area contributed by atoms with Crippen LogP contribution >= 0.6 is 0 Å². The Morgan fingerprint density at radius 1 is 0.875 bits per heavy atom. The molecular formula is C12H24Na2O9S. The summed E-state index contributed by atoms with van der Waals surface area (Å²) in [6.07, 6.45) is 4.73. The molecule has 0 aromatic carbocycles. The first-order valence-electron chi connectivity index (χ1n) is 6.65. The van der Waals surface area contributed by atoms with Crippen LogP contribution in [-0.2, 0) is 24.5 Å². The van der Waals surface area contributed by atoms with Crippen LogP contribution in [0.4, 0.5) is 0 Å². The number of carboxylic acid groups (broad SMARTS) is 3. The molecule has 0 saturated heterocycles. The summed E-state index contributed by atoms with van der Waals surface area (Å²) in [4.78, 5) is 30.0. The zero-order valence-corrected chi connectivity index (χ0v) is 13.1. The molecule has 12 heteroatoms. The predicted molar refractivity (Wildman–Crippen MR) is 90.5 cm³/mol. The maximum absolute atomic E-state index is 10.2. The normalized spacial score (nSPS) is 10.9. The van der Waals surface area contributed by atoms with E-state index >= 15 is 0 Å². The molecule has 0 aromatic heterocycles. The second-order valence-electron chi connectivity index (χ2n) is 4.50. The molecule has 0 saturated carbocycles. The summed E-state index contributed by atoms with van der Waals surface area (Å²) in [5.41, 5.74) is 0. The zero-order chi connectivity index (χ0) is 17.8. The quantitative estimate of drug-likeness (QED) is 0.227. The van der Waals surface area contributed by atoms with Gasteiger partial charge < -0.3 is 15.3 Å². The van der Waals surface area contributed by atoms with E-state index in [1.165, 1.54) is 19.3 Å². The fourth-order valence-electron chi connectivity index (χ4n) is 1.36. The van der Waals surface area contributed by atoms with E-state index in [0.29, 0.717) is 6.42 Å². The van der Waals surface area contributed by atoms with E-state index in [1.54, 1.807) is 0 Å². The van der Waals surface area contributed by atoms with Crippen molar-refractivity contribution >= 4 is 87.1 Å². The summed E-state index contributed by atoms with van der Waals surface area (Å²) in [6.45, 7) is 2.15. The number of hydrogen-bond acceptors (Lipinski definition) is 5. The SMILES string of the molecule is CCCCCCCC(=O)O.O=C(O)CC(C(=O)O)S(=O)(=O)O.[NaH].[NaH]. The Labute approximate surface area is 185 Å². The topological polar surface area (TPSA) is 166 Å². The van der Waals surface area contributed by atoms with Crippen LogP contribution in [0, 0.1) is 0 Å². The molecule has 0 heterocycles. The summed E-state index contributed by atoms with van der Waals surface area (Å²) in [5, 5.41) is 22.2. The third kappa shape index (κ3) is 22.3. The van der Waals surface area contributed by atoms with Crippen molar-refractivity contribution in [3.8, 4) is 0 Å². The van der Waals surface area contributed by atoms with Crippen molar-refractivity contribution < 1.29 is 42.7 Å². The van der Waals surface area contributed by atoms with Crippen LogP contribution < -0.4 is 0 Å². The predicted octanol–water partition coefficient (Wildman–Crippen LogP) is -0.0634. The first-order chi connectivity index (χ1) is 10.0. The molecule has 0 aliphatic carbocycles. The van der Waals surface area contributed by atoms with E-state index in [9.17, 15) is 22.8 Å². The Morgan fingerprint density at radius 2 is 1.33 bits per heavy atom. The second-order valence-corrected chi connectivity index (χ2v) is 6.10. The van der Waals surface area contributed by atoms with Gasteiger partial charge in [0.25, 0.3) is 10.1 Å². The molecule has 0 fully saturated rings. The van der Waals surface area contributed by atoms with Crippen molar-refractivity contribution in [2.75, 3.05) is 0 Å². The fraction of sp³-hybridized carbons (Fsp3) is 0.750. The summed E-state index contributed by atoms with van der Waals surface area (Å²) in [7, 11) is -4.84. The third-order valence-corrected chi connectivity index (χ3v) is 3.58. The molecule has 0 aliphatic heterocycles. The Balaban J connectivity index is -0.000000156. The van der Waals surface area contributed by atoms with Crippen LogP contribution in [0.3, 0.4) is 0 Å². The molecule has 0 radical (unpaired) electrons. The summed E-state index contributed by atoms with van der Waals surface area (Å²) in [6, 6.07) is 0. The van der Waals surface area contributed by atoms with Gasteiger partial charge in [0.2, 0.25) is 0 Å². The third-order valence-electron chi connectivity index (χ3n) is 2.49. The van der Waals surface area contributed by atoms with Crippen LogP contribution in [0.15, 0.2) is 0 Å². The summed E-state index contributed by atoms with van der Waals surface area (Å²) >= 11 is 0. The number of carbonyl (C=O) groups is 3. The van der Waals surface area contributed by atoms with Gasteiger partial charge in [-0.3, -0.25) is 18.9 Å². The van der Waals surface area contributed by atoms with Gasteiger partial charge in [0.05, 0.1) is 6.42 Å². The van der Waals surface area contributed by atoms with Gasteiger partial charge in [-0.05, 0) is 6.42 Å². The minimum atomic E-state index is -4.84. The van der Waals surface area contributed by atoms with Crippen molar-refractivity contribution in [1.82, 2.24) is 0 Å². The number of aliphatic carboxylic acids is 3. The molecule has 1 atom stereocenters. The first-order valence-corrected chi connectivity index (χ1v) is 8.15. The van der Waals surface area contributed by atoms with Crippen LogP contribution in [0.5, 0.6) is 0 Å². The molecule has 9 nitrogen and oxygen atoms in total. The van der Waals surface area contributed by atoms with Gasteiger partial charge in [-0.15, -0.1) is 0 Å². The van der Waals surface area contributed by atoms with Crippen molar-refractivity contribution in [3.63, 3.8) is 0 Å². The van der Waals surface area contributed by atoms with Crippen LogP contribution in [-0.4, -0.2) is 111 Å². The monoisotopic (exact) mass is 390 g/mol. The zero-order valence-electron chi connectivity index (χ0n) is 12.3. The van der Waals surface area contributed by atoms with Gasteiger partial charge in [0.15, 0.2) is 5.25 Å². The van der Waals surface area contributed by atoms with E-state index in [1.807, 2.05) is 0 Å². The number of hydrogen-bond donors (Lipinski definition) is 4. The summed E-state index contributed by atoms with van der Waals surface area (Å²) < 4.78 is 28.7. The number of rotatable bonds is 10. The van der Waals surface area contributed by atoms with E-state index in [2.05, 4.69) is 6.92 Å². The van der Waals surface area contributed by atoms with E-state index in [0.717, 1.165) is 12.8 Å². The molecule has 0 rings (SSSR count). The molecule has 0 spiro atoms. The van der Waals surface area contributed by atoms with E-state index in [-0.39, 0.29) is 59.1 Å². The Bertz CT molecular complexity index is 465.